The van der Waals surface area contributed by atoms with Gasteiger partial charge in [0, 0.05) is 0 Å². The average molecular weight is 161 g/mol. The molecule has 3 rings (SSSR count). The van der Waals surface area contributed by atoms with E-state index in [9.17, 15) is 0 Å². The summed E-state index contributed by atoms with van der Waals surface area (Å²) in [5.41, 5.74) is 0.663. The summed E-state index contributed by atoms with van der Waals surface area (Å²) in [6.45, 7) is 0. The zero-order chi connectivity index (χ0) is 7.97. The van der Waals surface area contributed by atoms with E-state index < -0.39 is 0 Å². The molecule has 0 aliphatic rings. The Hall–Kier alpha value is -2.05. The fourth-order valence-corrected chi connectivity index (χ4v) is 1.06. The lowest BCUT2D eigenvalue weighted by molar-refractivity contribution is 0.889. The van der Waals surface area contributed by atoms with E-state index in [0.29, 0.717) is 11.4 Å². The van der Waals surface area contributed by atoms with Crippen molar-refractivity contribution in [3.63, 3.8) is 0 Å². The van der Waals surface area contributed by atoms with Crippen LogP contribution in [0.5, 0.6) is 0 Å². The van der Waals surface area contributed by atoms with Crippen molar-refractivity contribution in [2.75, 3.05) is 0 Å². The van der Waals surface area contributed by atoms with Gasteiger partial charge in [-0.05, 0) is 0 Å². The number of nitrogens with zero attached hydrogens (tertiary/aromatic N) is 7. The summed E-state index contributed by atoms with van der Waals surface area (Å²) in [5, 5.41) is 19.1. The van der Waals surface area contributed by atoms with Gasteiger partial charge in [-0.2, -0.15) is 9.61 Å². The topological polar surface area (TPSA) is 73.3 Å². The third-order valence-electron chi connectivity index (χ3n) is 1.60. The lowest BCUT2D eigenvalue weighted by Crippen LogP contribution is -1.96. The van der Waals surface area contributed by atoms with Gasteiger partial charge in [-0.3, -0.25) is 0 Å². The fourth-order valence-electron chi connectivity index (χ4n) is 1.06. The lowest BCUT2D eigenvalue weighted by Gasteiger charge is -1.91. The van der Waals surface area contributed by atoms with E-state index >= 15 is 0 Å². The highest BCUT2D eigenvalue weighted by Crippen LogP contribution is 1.99. The average Bonchev–Trinajstić information content (AvgIpc) is 2.71. The Morgan fingerprint density at radius 3 is 3.00 bits per heavy atom. The number of aromatic nitrogens is 7. The Bertz CT molecular complexity index is 485. The van der Waals surface area contributed by atoms with Crippen molar-refractivity contribution >= 4 is 11.4 Å². The molecule has 3 heterocycles. The largest absolute Gasteiger partial charge is 0.259 e. The summed E-state index contributed by atoms with van der Waals surface area (Å²) in [7, 11) is 0. The summed E-state index contributed by atoms with van der Waals surface area (Å²) in [6, 6.07) is 0. The molecule has 3 aromatic rings. The van der Waals surface area contributed by atoms with Crippen LogP contribution in [0, 0.1) is 0 Å². The molecule has 0 aromatic carbocycles. The van der Waals surface area contributed by atoms with E-state index in [2.05, 4.69) is 25.5 Å². The van der Waals surface area contributed by atoms with E-state index in [0.717, 1.165) is 0 Å². The molecule has 0 saturated heterocycles. The third-order valence-corrected chi connectivity index (χ3v) is 1.60. The first kappa shape index (κ1) is 5.58. The first-order chi connectivity index (χ1) is 5.95. The van der Waals surface area contributed by atoms with Gasteiger partial charge in [-0.1, -0.05) is 0 Å². The molecule has 0 saturated carbocycles. The molecule has 7 nitrogen and oxygen atoms in total. The first-order valence-corrected chi connectivity index (χ1v) is 3.30. The van der Waals surface area contributed by atoms with Crippen molar-refractivity contribution in [3.8, 4) is 0 Å². The highest BCUT2D eigenvalue weighted by Gasteiger charge is 2.02. The maximum atomic E-state index is 4.01. The van der Waals surface area contributed by atoms with Crippen LogP contribution < -0.4 is 0 Å². The molecule has 0 bridgehead atoms. The predicted molar refractivity (Wildman–Crippen MR) is 37.3 cm³/mol. The maximum Gasteiger partial charge on any atom is 0.259 e. The Morgan fingerprint density at radius 2 is 2.00 bits per heavy atom. The number of hydrogen-bond donors (Lipinski definition) is 0. The summed E-state index contributed by atoms with van der Waals surface area (Å²) >= 11 is 0. The van der Waals surface area contributed by atoms with E-state index in [4.69, 9.17) is 0 Å². The van der Waals surface area contributed by atoms with Gasteiger partial charge in [0.2, 0.25) is 0 Å². The van der Waals surface area contributed by atoms with Crippen molar-refractivity contribution in [1.82, 2.24) is 34.4 Å². The molecule has 0 spiro atoms. The van der Waals surface area contributed by atoms with Crippen molar-refractivity contribution < 1.29 is 0 Å². The second-order valence-corrected chi connectivity index (χ2v) is 2.28. The quantitative estimate of drug-likeness (QED) is 0.430. The van der Waals surface area contributed by atoms with Crippen LogP contribution in [0.4, 0.5) is 0 Å². The lowest BCUT2D eigenvalue weighted by atomic mass is 10.8. The van der Waals surface area contributed by atoms with Crippen LogP contribution in [-0.2, 0) is 0 Å². The molecule has 58 valence electrons. The van der Waals surface area contributed by atoms with Gasteiger partial charge in [0.1, 0.15) is 12.7 Å². The maximum absolute atomic E-state index is 4.01. The standard InChI is InChI=1S/C5H3N7/c1-4-9-6-2-11(4)5-10-7-3-12(5)8-1/h1-3H. The van der Waals surface area contributed by atoms with E-state index in [1.54, 1.807) is 21.4 Å². The van der Waals surface area contributed by atoms with E-state index in [1.807, 2.05) is 0 Å². The molecule has 3 aromatic heterocycles. The van der Waals surface area contributed by atoms with Gasteiger partial charge in [-0.15, -0.1) is 20.4 Å². The summed E-state index contributed by atoms with van der Waals surface area (Å²) in [5.74, 6) is 0.609. The Kier molecular flexibility index (Phi) is 0.817. The van der Waals surface area contributed by atoms with Crippen molar-refractivity contribution in [1.29, 1.82) is 0 Å². The Morgan fingerprint density at radius 1 is 1.08 bits per heavy atom. The highest BCUT2D eigenvalue weighted by atomic mass is 15.4. The minimum absolute atomic E-state index is 0.609. The van der Waals surface area contributed by atoms with Crippen LogP contribution in [-0.4, -0.2) is 34.4 Å². The molecule has 0 atom stereocenters. The van der Waals surface area contributed by atoms with Crippen LogP contribution in [0.1, 0.15) is 0 Å². The third kappa shape index (κ3) is 0.529. The highest BCUT2D eigenvalue weighted by molar-refractivity contribution is 5.41. The molecule has 0 radical (unpaired) electrons. The normalized spacial score (nSPS) is 11.3. The summed E-state index contributed by atoms with van der Waals surface area (Å²) < 4.78 is 3.26. The van der Waals surface area contributed by atoms with E-state index in [1.165, 1.54) is 6.33 Å². The number of fused-ring (bicyclic) bond motifs is 3. The van der Waals surface area contributed by atoms with Gasteiger partial charge >= 0.3 is 0 Å². The Labute approximate surface area is 65.7 Å². The fraction of sp³-hybridized carbons (Fsp3) is 0. The van der Waals surface area contributed by atoms with Crippen molar-refractivity contribution in [2.24, 2.45) is 0 Å². The minimum Gasteiger partial charge on any atom is -0.246 e. The SMILES string of the molecule is c1nn2cnnc2n2cnnc12. The van der Waals surface area contributed by atoms with Crippen LogP contribution in [0.3, 0.4) is 0 Å². The minimum atomic E-state index is 0.609. The zero-order valence-electron chi connectivity index (χ0n) is 5.86. The summed E-state index contributed by atoms with van der Waals surface area (Å²) in [4.78, 5) is 0. The first-order valence-electron chi connectivity index (χ1n) is 3.30. The number of hydrogen-bond acceptors (Lipinski definition) is 5. The van der Waals surface area contributed by atoms with Crippen LogP contribution in [0.2, 0.25) is 0 Å². The van der Waals surface area contributed by atoms with Gasteiger partial charge in [0.25, 0.3) is 5.78 Å². The number of rotatable bonds is 0. The molecule has 0 aliphatic heterocycles. The van der Waals surface area contributed by atoms with Crippen molar-refractivity contribution in [3.05, 3.63) is 18.9 Å². The molecular weight excluding hydrogens is 158 g/mol. The molecular formula is C5H3N7. The molecule has 12 heavy (non-hydrogen) atoms. The second-order valence-electron chi connectivity index (χ2n) is 2.28. The van der Waals surface area contributed by atoms with Crippen molar-refractivity contribution in [2.45, 2.75) is 0 Å². The molecule has 7 heteroatoms. The predicted octanol–water partition coefficient (Wildman–Crippen LogP) is -0.833. The molecule has 0 amide bonds. The molecule has 0 unspecified atom stereocenters. The van der Waals surface area contributed by atoms with Gasteiger partial charge in [0.15, 0.2) is 5.65 Å². The van der Waals surface area contributed by atoms with Crippen LogP contribution >= 0.6 is 0 Å². The molecule has 0 N–H and O–H groups in total. The smallest absolute Gasteiger partial charge is 0.246 e. The zero-order valence-corrected chi connectivity index (χ0v) is 5.86. The monoisotopic (exact) mass is 161 g/mol. The van der Waals surface area contributed by atoms with Crippen LogP contribution in [0.25, 0.3) is 11.4 Å². The Balaban J connectivity index is 2.71. The summed E-state index contributed by atoms with van der Waals surface area (Å²) in [6.07, 6.45) is 4.69. The van der Waals surface area contributed by atoms with Crippen LogP contribution in [0.15, 0.2) is 18.9 Å². The molecule has 0 aliphatic carbocycles. The van der Waals surface area contributed by atoms with Gasteiger partial charge in [0.05, 0.1) is 6.20 Å². The molecule has 0 fully saturated rings. The second kappa shape index (κ2) is 1.76. The van der Waals surface area contributed by atoms with E-state index in [-0.39, 0.29) is 0 Å². The van der Waals surface area contributed by atoms with Gasteiger partial charge in [-0.25, -0.2) is 4.40 Å². The van der Waals surface area contributed by atoms with Gasteiger partial charge < -0.3 is 0 Å².